The van der Waals surface area contributed by atoms with E-state index in [1.165, 1.54) is 0 Å². The predicted molar refractivity (Wildman–Crippen MR) is 64.4 cm³/mol. The maximum atomic E-state index is 12.0. The first-order valence-electron chi connectivity index (χ1n) is 5.18. The summed E-state index contributed by atoms with van der Waals surface area (Å²) in [7, 11) is 0. The SMILES string of the molecule is [O]/N=C(/C(=O)c1ccccc1)c1ccccc1. The van der Waals surface area contributed by atoms with Crippen molar-refractivity contribution >= 4 is 11.5 Å². The van der Waals surface area contributed by atoms with Gasteiger partial charge >= 0.3 is 0 Å². The number of rotatable bonds is 3. The molecule has 0 aromatic heterocycles. The van der Waals surface area contributed by atoms with Crippen molar-refractivity contribution in [3.8, 4) is 0 Å². The Morgan fingerprint density at radius 3 is 1.71 bits per heavy atom. The van der Waals surface area contributed by atoms with Crippen molar-refractivity contribution < 1.29 is 10.0 Å². The van der Waals surface area contributed by atoms with Crippen molar-refractivity contribution in [3.05, 3.63) is 71.8 Å². The Labute approximate surface area is 99.0 Å². The van der Waals surface area contributed by atoms with Crippen molar-refractivity contribution in [1.82, 2.24) is 0 Å². The van der Waals surface area contributed by atoms with Gasteiger partial charge in [0.25, 0.3) is 0 Å². The number of hydrogen-bond donors (Lipinski definition) is 0. The van der Waals surface area contributed by atoms with Crippen LogP contribution in [0.15, 0.2) is 65.8 Å². The zero-order chi connectivity index (χ0) is 12.1. The highest BCUT2D eigenvalue weighted by molar-refractivity contribution is 6.51. The molecule has 83 valence electrons. The number of carbonyl (C=O) groups is 1. The topological polar surface area (TPSA) is 49.3 Å². The van der Waals surface area contributed by atoms with E-state index in [-0.39, 0.29) is 11.5 Å². The summed E-state index contributed by atoms with van der Waals surface area (Å²) in [6, 6.07) is 17.4. The number of benzene rings is 2. The fourth-order valence-electron chi connectivity index (χ4n) is 1.55. The molecule has 2 aromatic rings. The quantitative estimate of drug-likeness (QED) is 0.449. The summed E-state index contributed by atoms with van der Waals surface area (Å²) < 4.78 is 0. The maximum Gasteiger partial charge on any atom is 0.215 e. The molecule has 0 saturated heterocycles. The van der Waals surface area contributed by atoms with Crippen LogP contribution in [-0.2, 0) is 5.21 Å². The van der Waals surface area contributed by atoms with Gasteiger partial charge in [-0.15, -0.1) is 5.21 Å². The van der Waals surface area contributed by atoms with Gasteiger partial charge in [0.15, 0.2) is 5.71 Å². The van der Waals surface area contributed by atoms with Gasteiger partial charge in [-0.05, 0) is 5.16 Å². The second kappa shape index (κ2) is 5.07. The van der Waals surface area contributed by atoms with Gasteiger partial charge in [0.05, 0.1) is 0 Å². The normalized spacial score (nSPS) is 11.2. The third-order valence-electron chi connectivity index (χ3n) is 2.39. The van der Waals surface area contributed by atoms with Gasteiger partial charge in [0, 0.05) is 11.1 Å². The zero-order valence-electron chi connectivity index (χ0n) is 9.04. The van der Waals surface area contributed by atoms with Crippen LogP contribution >= 0.6 is 0 Å². The third kappa shape index (κ3) is 2.39. The molecule has 2 aromatic carbocycles. The molecule has 0 N–H and O–H groups in total. The highest BCUT2D eigenvalue weighted by Gasteiger charge is 2.16. The molecule has 2 rings (SSSR count). The van der Waals surface area contributed by atoms with Crippen molar-refractivity contribution in [2.45, 2.75) is 0 Å². The molecule has 3 heteroatoms. The third-order valence-corrected chi connectivity index (χ3v) is 2.39. The van der Waals surface area contributed by atoms with Gasteiger partial charge in [0.2, 0.25) is 5.78 Å². The highest BCUT2D eigenvalue weighted by Crippen LogP contribution is 2.08. The molecule has 0 saturated carbocycles. The van der Waals surface area contributed by atoms with E-state index in [2.05, 4.69) is 5.16 Å². The van der Waals surface area contributed by atoms with Crippen molar-refractivity contribution in [3.63, 3.8) is 0 Å². The zero-order valence-corrected chi connectivity index (χ0v) is 9.04. The Kier molecular flexibility index (Phi) is 3.31. The molecule has 1 radical (unpaired) electrons. The Bertz CT molecular complexity index is 533. The van der Waals surface area contributed by atoms with Crippen molar-refractivity contribution in [1.29, 1.82) is 0 Å². The summed E-state index contributed by atoms with van der Waals surface area (Å²) in [5, 5.41) is 13.7. The van der Waals surface area contributed by atoms with E-state index < -0.39 is 0 Å². The van der Waals surface area contributed by atoms with E-state index in [0.717, 1.165) is 0 Å². The molecular weight excluding hydrogens is 214 g/mol. The van der Waals surface area contributed by atoms with Gasteiger partial charge < -0.3 is 0 Å². The Morgan fingerprint density at radius 1 is 0.765 bits per heavy atom. The second-order valence-corrected chi connectivity index (χ2v) is 3.50. The fourth-order valence-corrected chi connectivity index (χ4v) is 1.55. The van der Waals surface area contributed by atoms with Gasteiger partial charge in [-0.2, -0.15) is 0 Å². The van der Waals surface area contributed by atoms with Crippen LogP contribution in [0.5, 0.6) is 0 Å². The number of ketones is 1. The van der Waals surface area contributed by atoms with E-state index in [4.69, 9.17) is 0 Å². The molecule has 3 nitrogen and oxygen atoms in total. The first-order valence-corrected chi connectivity index (χ1v) is 5.18. The summed E-state index contributed by atoms with van der Waals surface area (Å²) in [5.74, 6) is -0.355. The molecule has 0 atom stereocenters. The fraction of sp³-hybridized carbons (Fsp3) is 0. The highest BCUT2D eigenvalue weighted by atomic mass is 16.4. The Balaban J connectivity index is 2.37. The molecule has 0 unspecified atom stereocenters. The Morgan fingerprint density at radius 2 is 1.24 bits per heavy atom. The van der Waals surface area contributed by atoms with Crippen molar-refractivity contribution in [2.75, 3.05) is 0 Å². The molecule has 0 amide bonds. The summed E-state index contributed by atoms with van der Waals surface area (Å²) in [5.41, 5.74) is 0.944. The molecule has 0 heterocycles. The van der Waals surface area contributed by atoms with E-state index in [9.17, 15) is 10.0 Å². The number of nitrogens with zero attached hydrogens (tertiary/aromatic N) is 1. The van der Waals surface area contributed by atoms with Crippen LogP contribution in [0, 0.1) is 0 Å². The molecular formula is C14H10NO2. The lowest BCUT2D eigenvalue weighted by Gasteiger charge is -2.02. The first kappa shape index (κ1) is 11.1. The van der Waals surface area contributed by atoms with Crippen LogP contribution in [0.3, 0.4) is 0 Å². The van der Waals surface area contributed by atoms with Crippen molar-refractivity contribution in [2.24, 2.45) is 5.16 Å². The van der Waals surface area contributed by atoms with Gasteiger partial charge in [0.1, 0.15) is 0 Å². The Hall–Kier alpha value is -2.42. The standard InChI is InChI=1S/C14H10NO2/c16-14(12-9-5-2-6-10-12)13(15-17)11-7-3-1-4-8-11/h1-10H/b15-13+. The minimum Gasteiger partial charge on any atom is -0.287 e. The van der Waals surface area contributed by atoms with E-state index in [1.54, 1.807) is 48.5 Å². The maximum absolute atomic E-state index is 12.0. The minimum atomic E-state index is -0.355. The summed E-state index contributed by atoms with van der Waals surface area (Å²) in [4.78, 5) is 12.0. The largest absolute Gasteiger partial charge is 0.287 e. The average molecular weight is 224 g/mol. The summed E-state index contributed by atoms with van der Waals surface area (Å²) in [6.45, 7) is 0. The summed E-state index contributed by atoms with van der Waals surface area (Å²) in [6.07, 6.45) is 0. The van der Waals surface area contributed by atoms with Gasteiger partial charge in [-0.1, -0.05) is 60.7 Å². The smallest absolute Gasteiger partial charge is 0.215 e. The van der Waals surface area contributed by atoms with Crippen LogP contribution in [0.1, 0.15) is 15.9 Å². The number of carbonyl (C=O) groups excluding carboxylic acids is 1. The summed E-state index contributed by atoms with van der Waals surface area (Å²) >= 11 is 0. The predicted octanol–water partition coefficient (Wildman–Crippen LogP) is 2.70. The lowest BCUT2D eigenvalue weighted by molar-refractivity contribution is 0.105. The lowest BCUT2D eigenvalue weighted by atomic mass is 10.0. The van der Waals surface area contributed by atoms with Crippen LogP contribution < -0.4 is 0 Å². The van der Waals surface area contributed by atoms with Crippen LogP contribution in [-0.4, -0.2) is 11.5 Å². The van der Waals surface area contributed by atoms with E-state index in [0.29, 0.717) is 11.1 Å². The molecule has 0 aliphatic heterocycles. The molecule has 0 aliphatic rings. The van der Waals surface area contributed by atoms with Gasteiger partial charge in [-0.25, -0.2) is 0 Å². The number of Topliss-reactive ketones (excluding diaryl/α,β-unsaturated/α-hetero) is 1. The molecule has 0 fully saturated rings. The van der Waals surface area contributed by atoms with Crippen LogP contribution in [0.4, 0.5) is 0 Å². The van der Waals surface area contributed by atoms with Crippen LogP contribution in [0.25, 0.3) is 0 Å². The number of hydrogen-bond acceptors (Lipinski definition) is 2. The minimum absolute atomic E-state index is 0.0585. The second-order valence-electron chi connectivity index (χ2n) is 3.50. The van der Waals surface area contributed by atoms with Crippen LogP contribution in [0.2, 0.25) is 0 Å². The molecule has 17 heavy (non-hydrogen) atoms. The molecule has 0 aliphatic carbocycles. The monoisotopic (exact) mass is 224 g/mol. The van der Waals surface area contributed by atoms with E-state index >= 15 is 0 Å². The molecule has 0 bridgehead atoms. The molecule has 0 spiro atoms. The average Bonchev–Trinajstić information content (AvgIpc) is 2.42. The van der Waals surface area contributed by atoms with Gasteiger partial charge in [-0.3, -0.25) is 4.79 Å². The van der Waals surface area contributed by atoms with E-state index in [1.807, 2.05) is 12.1 Å². The first-order chi connectivity index (χ1) is 8.33. The lowest BCUT2D eigenvalue weighted by Crippen LogP contribution is -2.15.